The van der Waals surface area contributed by atoms with Gasteiger partial charge in [-0.05, 0) is 48.7 Å². The second-order valence-corrected chi connectivity index (χ2v) is 7.93. The van der Waals surface area contributed by atoms with Crippen LogP contribution in [0.3, 0.4) is 0 Å². The van der Waals surface area contributed by atoms with Gasteiger partial charge in [0.25, 0.3) is 0 Å². The van der Waals surface area contributed by atoms with Crippen molar-refractivity contribution >= 4 is 11.6 Å². The number of hydrogen-bond acceptors (Lipinski definition) is 2. The zero-order chi connectivity index (χ0) is 19.3. The highest BCUT2D eigenvalue weighted by Gasteiger charge is 2.34. The molecule has 1 unspecified atom stereocenters. The van der Waals surface area contributed by atoms with Crippen molar-refractivity contribution in [2.24, 2.45) is 0 Å². The topological polar surface area (TPSA) is 12.5 Å². The molecule has 4 rings (SSSR count). The molecule has 0 N–H and O–H groups in total. The first-order valence-corrected chi connectivity index (χ1v) is 10.3. The van der Waals surface area contributed by atoms with E-state index in [0.717, 1.165) is 30.3 Å². The van der Waals surface area contributed by atoms with Crippen molar-refractivity contribution in [1.82, 2.24) is 4.90 Å². The fraction of sp³-hybridized carbons (Fsp3) is 0.280. The van der Waals surface area contributed by atoms with Crippen molar-refractivity contribution in [3.8, 4) is 5.75 Å². The highest BCUT2D eigenvalue weighted by molar-refractivity contribution is 6.30. The predicted octanol–water partition coefficient (Wildman–Crippen LogP) is 6.34. The number of benzene rings is 3. The van der Waals surface area contributed by atoms with Gasteiger partial charge < -0.3 is 4.74 Å². The molecule has 1 heterocycles. The maximum Gasteiger partial charge on any atom is 0.119 e. The molecule has 2 nitrogen and oxygen atoms in total. The molecular weight excluding hydrogens is 366 g/mol. The third kappa shape index (κ3) is 4.40. The Bertz CT molecular complexity index is 866. The lowest BCUT2D eigenvalue weighted by atomic mass is 9.86. The summed E-state index contributed by atoms with van der Waals surface area (Å²) in [5, 5.41) is 0.735. The Balaban J connectivity index is 1.55. The molecule has 0 bridgehead atoms. The van der Waals surface area contributed by atoms with E-state index in [1.54, 1.807) is 0 Å². The Morgan fingerprint density at radius 3 is 2.21 bits per heavy atom. The first-order chi connectivity index (χ1) is 13.7. The molecule has 0 spiro atoms. The number of rotatable bonds is 5. The van der Waals surface area contributed by atoms with Crippen LogP contribution in [-0.2, 0) is 0 Å². The summed E-state index contributed by atoms with van der Waals surface area (Å²) >= 11 is 6.03. The Hall–Kier alpha value is -2.29. The molecule has 0 saturated carbocycles. The molecule has 1 aliphatic rings. The molecule has 0 aliphatic carbocycles. The zero-order valence-electron chi connectivity index (χ0n) is 16.2. The van der Waals surface area contributed by atoms with E-state index in [2.05, 4.69) is 72.5 Å². The second-order valence-electron chi connectivity index (χ2n) is 7.50. The van der Waals surface area contributed by atoms with Crippen molar-refractivity contribution in [3.05, 3.63) is 101 Å². The van der Waals surface area contributed by atoms with E-state index < -0.39 is 0 Å². The van der Waals surface area contributed by atoms with Crippen LogP contribution in [0.25, 0.3) is 0 Å². The third-order valence-electron chi connectivity index (χ3n) is 5.74. The zero-order valence-corrected chi connectivity index (χ0v) is 16.9. The van der Waals surface area contributed by atoms with Crippen LogP contribution in [0.4, 0.5) is 0 Å². The highest BCUT2D eigenvalue weighted by Crippen LogP contribution is 2.34. The average molecular weight is 392 g/mol. The number of nitrogens with zero attached hydrogens (tertiary/aromatic N) is 1. The van der Waals surface area contributed by atoms with Crippen LogP contribution in [0.15, 0.2) is 84.9 Å². The summed E-state index contributed by atoms with van der Waals surface area (Å²) in [5.41, 5.74) is 2.71. The van der Waals surface area contributed by atoms with Gasteiger partial charge in [-0.25, -0.2) is 0 Å². The molecule has 1 fully saturated rings. The summed E-state index contributed by atoms with van der Waals surface area (Å²) in [6, 6.07) is 29.6. The molecule has 3 atom stereocenters. The first-order valence-electron chi connectivity index (χ1n) is 9.97. The van der Waals surface area contributed by atoms with Gasteiger partial charge in [-0.3, -0.25) is 4.90 Å². The van der Waals surface area contributed by atoms with Crippen molar-refractivity contribution in [2.75, 3.05) is 13.1 Å². The van der Waals surface area contributed by atoms with Crippen LogP contribution < -0.4 is 4.74 Å². The maximum absolute atomic E-state index is 6.43. The average Bonchev–Trinajstić information content (AvgIpc) is 2.76. The Labute approximate surface area is 172 Å². The van der Waals surface area contributed by atoms with E-state index in [4.69, 9.17) is 16.3 Å². The fourth-order valence-corrected chi connectivity index (χ4v) is 4.23. The van der Waals surface area contributed by atoms with Gasteiger partial charge in [0.15, 0.2) is 0 Å². The minimum absolute atomic E-state index is 0.155. The minimum atomic E-state index is 0.155. The molecule has 3 heteroatoms. The summed E-state index contributed by atoms with van der Waals surface area (Å²) in [7, 11) is 0. The molecular formula is C25H26ClNO. The van der Waals surface area contributed by atoms with Gasteiger partial charge in [0, 0.05) is 30.1 Å². The fourth-order valence-electron chi connectivity index (χ4n) is 4.10. The van der Waals surface area contributed by atoms with Crippen molar-refractivity contribution in [3.63, 3.8) is 0 Å². The second kappa shape index (κ2) is 8.81. The largest absolute Gasteiger partial charge is 0.490 e. The summed E-state index contributed by atoms with van der Waals surface area (Å²) in [5.74, 6) is 1.22. The Morgan fingerprint density at radius 2 is 1.54 bits per heavy atom. The molecule has 0 aromatic heterocycles. The van der Waals surface area contributed by atoms with Crippen LogP contribution in [0.2, 0.25) is 5.02 Å². The van der Waals surface area contributed by atoms with Gasteiger partial charge >= 0.3 is 0 Å². The lowest BCUT2D eigenvalue weighted by molar-refractivity contribution is 0.0587. The van der Waals surface area contributed by atoms with E-state index in [1.807, 2.05) is 24.3 Å². The number of halogens is 1. The van der Waals surface area contributed by atoms with Crippen molar-refractivity contribution in [1.29, 1.82) is 0 Å². The number of ether oxygens (including phenoxy) is 1. The molecule has 144 valence electrons. The van der Waals surface area contributed by atoms with Crippen LogP contribution in [-0.4, -0.2) is 24.1 Å². The van der Waals surface area contributed by atoms with Gasteiger partial charge in [-0.2, -0.15) is 0 Å². The molecule has 1 saturated heterocycles. The first kappa shape index (κ1) is 19.0. The molecule has 3 aromatic carbocycles. The molecule has 1 aliphatic heterocycles. The summed E-state index contributed by atoms with van der Waals surface area (Å²) < 4.78 is 6.43. The molecule has 28 heavy (non-hydrogen) atoms. The molecule has 0 amide bonds. The van der Waals surface area contributed by atoms with Crippen LogP contribution in [0, 0.1) is 0 Å². The SMILES string of the molecule is CC(c1ccccc1)N1CC[C@@H](Oc2ccc(Cl)cc2)[C@H](c2ccccc2)C1. The van der Waals surface area contributed by atoms with Crippen LogP contribution in [0.1, 0.15) is 36.4 Å². The van der Waals surface area contributed by atoms with Crippen molar-refractivity contribution in [2.45, 2.75) is 31.4 Å². The Kier molecular flexibility index (Phi) is 5.99. The predicted molar refractivity (Wildman–Crippen MR) is 116 cm³/mol. The normalized spacial score (nSPS) is 21.2. The van der Waals surface area contributed by atoms with Crippen LogP contribution in [0.5, 0.6) is 5.75 Å². The molecule has 0 radical (unpaired) electrons. The lowest BCUT2D eigenvalue weighted by Gasteiger charge is -2.41. The van der Waals surface area contributed by atoms with Gasteiger partial charge in [0.1, 0.15) is 11.9 Å². The van der Waals surface area contributed by atoms with Crippen molar-refractivity contribution < 1.29 is 4.74 Å². The standard InChI is InChI=1S/C25H26ClNO/c1-19(20-8-4-2-5-9-20)27-17-16-25(28-23-14-12-22(26)13-15-23)24(18-27)21-10-6-3-7-11-21/h2-15,19,24-25H,16-18H2,1H3/t19?,24-,25+/m0/s1. The van der Waals surface area contributed by atoms with E-state index in [9.17, 15) is 0 Å². The van der Waals surface area contributed by atoms with E-state index >= 15 is 0 Å². The number of piperidine rings is 1. The Morgan fingerprint density at radius 1 is 0.893 bits per heavy atom. The maximum atomic E-state index is 6.43. The van der Waals surface area contributed by atoms with Gasteiger partial charge in [0.2, 0.25) is 0 Å². The lowest BCUT2D eigenvalue weighted by Crippen LogP contribution is -2.45. The summed E-state index contributed by atoms with van der Waals surface area (Å²) in [6.07, 6.45) is 1.15. The van der Waals surface area contributed by atoms with E-state index in [-0.39, 0.29) is 6.10 Å². The quantitative estimate of drug-likeness (QED) is 0.503. The van der Waals surface area contributed by atoms with E-state index in [0.29, 0.717) is 12.0 Å². The number of likely N-dealkylation sites (tertiary alicyclic amines) is 1. The highest BCUT2D eigenvalue weighted by atomic mass is 35.5. The monoisotopic (exact) mass is 391 g/mol. The van der Waals surface area contributed by atoms with Gasteiger partial charge in [-0.1, -0.05) is 72.3 Å². The smallest absolute Gasteiger partial charge is 0.119 e. The number of hydrogen-bond donors (Lipinski definition) is 0. The summed E-state index contributed by atoms with van der Waals surface area (Å²) in [6.45, 7) is 4.31. The molecule has 3 aromatic rings. The van der Waals surface area contributed by atoms with Gasteiger partial charge in [-0.15, -0.1) is 0 Å². The van der Waals surface area contributed by atoms with E-state index in [1.165, 1.54) is 11.1 Å². The minimum Gasteiger partial charge on any atom is -0.490 e. The summed E-state index contributed by atoms with van der Waals surface area (Å²) in [4.78, 5) is 2.58. The van der Waals surface area contributed by atoms with Crippen LogP contribution >= 0.6 is 11.6 Å². The third-order valence-corrected chi connectivity index (χ3v) is 5.99. The van der Waals surface area contributed by atoms with Gasteiger partial charge in [0.05, 0.1) is 0 Å².